The van der Waals surface area contributed by atoms with Crippen LogP contribution in [0.3, 0.4) is 0 Å². The zero-order valence-corrected chi connectivity index (χ0v) is 8.97. The normalized spacial score (nSPS) is 12.9. The van der Waals surface area contributed by atoms with Crippen LogP contribution in [-0.4, -0.2) is 24.9 Å². The molecule has 0 fully saturated rings. The molecule has 1 heteroatoms. The first-order valence-electron chi connectivity index (χ1n) is 5.22. The molecule has 0 aliphatic carbocycles. The van der Waals surface area contributed by atoms with Crippen molar-refractivity contribution in [2.75, 3.05) is 13.6 Å². The average Bonchev–Trinajstić information content (AvgIpc) is 2.00. The highest BCUT2D eigenvalue weighted by atomic mass is 14.9. The highest BCUT2D eigenvalue weighted by Gasteiger charge is 2.10. The highest BCUT2D eigenvalue weighted by Crippen LogP contribution is 2.14. The summed E-state index contributed by atoms with van der Waals surface area (Å²) in [6.07, 6.45) is 6.74. The zero-order chi connectivity index (χ0) is 9.40. The van der Waals surface area contributed by atoms with Crippen LogP contribution in [0.2, 0.25) is 0 Å². The van der Waals surface area contributed by atoms with Crippen LogP contribution in [0.25, 0.3) is 0 Å². The molecule has 0 heterocycles. The number of hydrogen-bond donors (Lipinski definition) is 0. The lowest BCUT2D eigenvalue weighted by Gasteiger charge is -2.11. The zero-order valence-electron chi connectivity index (χ0n) is 8.97. The van der Waals surface area contributed by atoms with E-state index in [1.165, 1.54) is 32.1 Å². The molecule has 1 unspecified atom stereocenters. The smallest absolute Gasteiger partial charge is 0.144 e. The molecule has 0 aromatic heterocycles. The summed E-state index contributed by atoms with van der Waals surface area (Å²) >= 11 is 0. The van der Waals surface area contributed by atoms with Crippen LogP contribution in [0.1, 0.15) is 46.0 Å². The molecule has 0 aromatic rings. The maximum Gasteiger partial charge on any atom is 0.144 e. The van der Waals surface area contributed by atoms with Crippen LogP contribution in [0.15, 0.2) is 0 Å². The monoisotopic (exact) mass is 170 g/mol. The molecular weight excluding hydrogens is 146 g/mol. The van der Waals surface area contributed by atoms with E-state index in [9.17, 15) is 0 Å². The van der Waals surface area contributed by atoms with E-state index in [0.29, 0.717) is 0 Å². The third-order valence-electron chi connectivity index (χ3n) is 2.23. The molecule has 0 rings (SSSR count). The van der Waals surface area contributed by atoms with Gasteiger partial charge in [0.25, 0.3) is 0 Å². The van der Waals surface area contributed by atoms with E-state index in [1.54, 1.807) is 0 Å². The van der Waals surface area contributed by atoms with Crippen LogP contribution < -0.4 is 0 Å². The second-order valence-corrected chi connectivity index (χ2v) is 3.84. The second-order valence-electron chi connectivity index (χ2n) is 3.84. The van der Waals surface area contributed by atoms with Crippen LogP contribution in [0.4, 0.5) is 0 Å². The van der Waals surface area contributed by atoms with E-state index < -0.39 is 0 Å². The number of hydrogen-bond acceptors (Lipinski definition) is 0. The molecule has 0 aliphatic rings. The van der Waals surface area contributed by atoms with Crippen LogP contribution in [-0.2, 0) is 0 Å². The fourth-order valence-corrected chi connectivity index (χ4v) is 1.67. The Bertz CT molecular complexity index is 118. The van der Waals surface area contributed by atoms with E-state index >= 15 is 0 Å². The fourth-order valence-electron chi connectivity index (χ4n) is 1.67. The topological polar surface area (TPSA) is 3.01 Å². The summed E-state index contributed by atoms with van der Waals surface area (Å²) in [5.74, 6) is 0.873. The van der Waals surface area contributed by atoms with Gasteiger partial charge in [0, 0.05) is 5.92 Å². The lowest BCUT2D eigenvalue weighted by atomic mass is 9.97. The van der Waals surface area contributed by atoms with Crippen LogP contribution in [0.5, 0.6) is 0 Å². The summed E-state index contributed by atoms with van der Waals surface area (Å²) in [5, 5.41) is 0. The minimum Gasteiger partial charge on any atom is -0.245 e. The average molecular weight is 170 g/mol. The Morgan fingerprint density at radius 2 is 1.83 bits per heavy atom. The van der Waals surface area contributed by atoms with Gasteiger partial charge in [0.1, 0.15) is 20.3 Å². The van der Waals surface area contributed by atoms with Crippen molar-refractivity contribution >= 4 is 6.72 Å². The lowest BCUT2D eigenvalue weighted by Crippen LogP contribution is -2.15. The van der Waals surface area contributed by atoms with Gasteiger partial charge in [0.2, 0.25) is 0 Å². The Morgan fingerprint density at radius 3 is 2.25 bits per heavy atom. The van der Waals surface area contributed by atoms with E-state index in [4.69, 9.17) is 0 Å². The van der Waals surface area contributed by atoms with Crippen molar-refractivity contribution in [3.63, 3.8) is 0 Å². The SMILES string of the molecule is C=[N+](C)CC(CCC)CCCC. The van der Waals surface area contributed by atoms with E-state index in [-0.39, 0.29) is 0 Å². The van der Waals surface area contributed by atoms with Gasteiger partial charge in [0.05, 0.1) is 0 Å². The predicted molar refractivity (Wildman–Crippen MR) is 56.1 cm³/mol. The minimum absolute atomic E-state index is 0.873. The second kappa shape index (κ2) is 7.33. The van der Waals surface area contributed by atoms with Crippen LogP contribution in [0, 0.1) is 5.92 Å². The standard InChI is InChI=1S/C11H24N/c1-5-7-9-11(8-6-2)10-12(3)4/h11H,3,5-10H2,1-2,4H3/q+1. The Labute approximate surface area is 77.5 Å². The van der Waals surface area contributed by atoms with Gasteiger partial charge >= 0.3 is 0 Å². The largest absolute Gasteiger partial charge is 0.245 e. The van der Waals surface area contributed by atoms with Crippen molar-refractivity contribution in [1.29, 1.82) is 0 Å². The summed E-state index contributed by atoms with van der Waals surface area (Å²) in [4.78, 5) is 0. The van der Waals surface area contributed by atoms with Gasteiger partial charge in [-0.1, -0.05) is 33.1 Å². The number of unbranched alkanes of at least 4 members (excludes halogenated alkanes) is 1. The van der Waals surface area contributed by atoms with Gasteiger partial charge in [-0.05, 0) is 12.8 Å². The van der Waals surface area contributed by atoms with Crippen molar-refractivity contribution in [3.8, 4) is 0 Å². The van der Waals surface area contributed by atoms with E-state index in [1.807, 2.05) is 0 Å². The third kappa shape index (κ3) is 6.38. The summed E-state index contributed by atoms with van der Waals surface area (Å²) in [5.41, 5.74) is 0. The molecule has 0 saturated heterocycles. The minimum atomic E-state index is 0.873. The van der Waals surface area contributed by atoms with Crippen LogP contribution >= 0.6 is 0 Å². The van der Waals surface area contributed by atoms with Crippen molar-refractivity contribution in [3.05, 3.63) is 0 Å². The maximum absolute atomic E-state index is 3.90. The molecule has 1 atom stereocenters. The Morgan fingerprint density at radius 1 is 1.17 bits per heavy atom. The first-order valence-corrected chi connectivity index (χ1v) is 5.22. The fraction of sp³-hybridized carbons (Fsp3) is 0.909. The molecule has 0 radical (unpaired) electrons. The molecule has 0 bridgehead atoms. The maximum atomic E-state index is 3.90. The van der Waals surface area contributed by atoms with Gasteiger partial charge in [-0.2, -0.15) is 0 Å². The molecule has 12 heavy (non-hydrogen) atoms. The van der Waals surface area contributed by atoms with Crippen molar-refractivity contribution in [2.45, 2.75) is 46.0 Å². The highest BCUT2D eigenvalue weighted by molar-refractivity contribution is 5.14. The molecule has 0 N–H and O–H groups in total. The predicted octanol–water partition coefficient (Wildman–Crippen LogP) is 2.94. The van der Waals surface area contributed by atoms with E-state index in [2.05, 4.69) is 32.2 Å². The Kier molecular flexibility index (Phi) is 7.12. The Hall–Kier alpha value is -0.330. The molecule has 0 amide bonds. The van der Waals surface area contributed by atoms with Crippen molar-refractivity contribution < 1.29 is 4.58 Å². The summed E-state index contributed by atoms with van der Waals surface area (Å²) < 4.78 is 2.07. The first-order chi connectivity index (χ1) is 5.70. The van der Waals surface area contributed by atoms with Gasteiger partial charge in [-0.25, -0.2) is 4.58 Å². The van der Waals surface area contributed by atoms with Gasteiger partial charge < -0.3 is 0 Å². The molecule has 0 aromatic carbocycles. The quantitative estimate of drug-likeness (QED) is 0.408. The molecule has 1 nitrogen and oxygen atoms in total. The molecular formula is C11H24N+. The number of rotatable bonds is 7. The first kappa shape index (κ1) is 11.7. The molecule has 0 spiro atoms. The summed E-state index contributed by atoms with van der Waals surface area (Å²) in [6, 6.07) is 0. The number of nitrogens with zero attached hydrogens (tertiary/aromatic N) is 1. The van der Waals surface area contributed by atoms with Crippen molar-refractivity contribution in [2.24, 2.45) is 5.92 Å². The summed E-state index contributed by atoms with van der Waals surface area (Å²) in [7, 11) is 2.06. The molecule has 72 valence electrons. The van der Waals surface area contributed by atoms with Crippen molar-refractivity contribution in [1.82, 2.24) is 0 Å². The Balaban J connectivity index is 3.61. The third-order valence-corrected chi connectivity index (χ3v) is 2.23. The lowest BCUT2D eigenvalue weighted by molar-refractivity contribution is -0.496. The molecule has 0 saturated carbocycles. The molecule has 0 aliphatic heterocycles. The van der Waals surface area contributed by atoms with E-state index in [0.717, 1.165) is 12.5 Å². The van der Waals surface area contributed by atoms with Gasteiger partial charge in [-0.15, -0.1) is 0 Å². The van der Waals surface area contributed by atoms with Gasteiger partial charge in [0.15, 0.2) is 0 Å². The summed E-state index contributed by atoms with van der Waals surface area (Å²) in [6.45, 7) is 9.59. The van der Waals surface area contributed by atoms with Gasteiger partial charge in [-0.3, -0.25) is 0 Å².